The maximum atomic E-state index is 12.9. The smallest absolute Gasteiger partial charge is 0.340 e. The van der Waals surface area contributed by atoms with Crippen LogP contribution in [0.3, 0.4) is 0 Å². The predicted molar refractivity (Wildman–Crippen MR) is 105 cm³/mol. The highest BCUT2D eigenvalue weighted by molar-refractivity contribution is 9.10. The van der Waals surface area contributed by atoms with E-state index in [2.05, 4.69) is 20.9 Å². The van der Waals surface area contributed by atoms with Crippen LogP contribution in [0.4, 0.5) is 0 Å². The highest BCUT2D eigenvalue weighted by Gasteiger charge is 2.25. The van der Waals surface area contributed by atoms with Gasteiger partial charge in [0.25, 0.3) is 0 Å². The van der Waals surface area contributed by atoms with Gasteiger partial charge in [-0.25, -0.2) is 4.79 Å². The third kappa shape index (κ3) is 4.29. The number of nitriles is 1. The standard InChI is InChI=1S/C20H19BrN2O4/c1-5-27-20(25)17-11(2)18(23-12(17)3)19(24)14(10-22)8-13-9-15(21)6-7-16(13)26-4/h6-9,23H,5H2,1-4H3/b14-8+. The second-order valence-electron chi connectivity index (χ2n) is 5.73. The Morgan fingerprint density at radius 2 is 2.04 bits per heavy atom. The fourth-order valence-electron chi connectivity index (χ4n) is 2.74. The van der Waals surface area contributed by atoms with Crippen molar-refractivity contribution in [3.63, 3.8) is 0 Å². The van der Waals surface area contributed by atoms with Crippen molar-refractivity contribution in [2.24, 2.45) is 0 Å². The summed E-state index contributed by atoms with van der Waals surface area (Å²) in [7, 11) is 1.51. The maximum absolute atomic E-state index is 12.9. The van der Waals surface area contributed by atoms with Gasteiger partial charge in [0, 0.05) is 15.7 Å². The van der Waals surface area contributed by atoms with Crippen LogP contribution in [0.5, 0.6) is 5.75 Å². The number of nitrogens with zero attached hydrogens (tertiary/aromatic N) is 1. The molecule has 140 valence electrons. The maximum Gasteiger partial charge on any atom is 0.340 e. The largest absolute Gasteiger partial charge is 0.496 e. The first-order valence-electron chi connectivity index (χ1n) is 8.20. The number of aromatic nitrogens is 1. The molecule has 1 aromatic heterocycles. The number of hydrogen-bond donors (Lipinski definition) is 1. The van der Waals surface area contributed by atoms with Crippen molar-refractivity contribution in [2.75, 3.05) is 13.7 Å². The second-order valence-corrected chi connectivity index (χ2v) is 6.65. The Morgan fingerprint density at radius 3 is 2.63 bits per heavy atom. The summed E-state index contributed by atoms with van der Waals surface area (Å²) in [6, 6.07) is 7.22. The van der Waals surface area contributed by atoms with Gasteiger partial charge in [-0.1, -0.05) is 15.9 Å². The minimum absolute atomic E-state index is 0.0776. The predicted octanol–water partition coefficient (Wildman–Crippen LogP) is 4.37. The zero-order valence-corrected chi connectivity index (χ0v) is 17.1. The molecule has 0 spiro atoms. The number of carbonyl (C=O) groups excluding carboxylic acids is 2. The van der Waals surface area contributed by atoms with E-state index in [1.807, 2.05) is 6.07 Å². The molecule has 0 amide bonds. The number of rotatable bonds is 6. The first-order chi connectivity index (χ1) is 12.8. The number of halogens is 1. The Morgan fingerprint density at radius 1 is 1.33 bits per heavy atom. The molecule has 27 heavy (non-hydrogen) atoms. The summed E-state index contributed by atoms with van der Waals surface area (Å²) in [6.45, 7) is 5.28. The summed E-state index contributed by atoms with van der Waals surface area (Å²) in [5.74, 6) is -0.472. The normalized spacial score (nSPS) is 11.0. The molecule has 1 N–H and O–H groups in total. The van der Waals surface area contributed by atoms with Gasteiger partial charge >= 0.3 is 5.97 Å². The Balaban J connectivity index is 2.50. The number of hydrogen-bond acceptors (Lipinski definition) is 5. The van der Waals surface area contributed by atoms with E-state index in [0.29, 0.717) is 28.1 Å². The van der Waals surface area contributed by atoms with E-state index in [0.717, 1.165) is 4.47 Å². The second kappa shape index (κ2) is 8.69. The first kappa shape index (κ1) is 20.5. The highest BCUT2D eigenvalue weighted by Crippen LogP contribution is 2.27. The molecule has 0 fully saturated rings. The Hall–Kier alpha value is -2.85. The van der Waals surface area contributed by atoms with Gasteiger partial charge in [0.2, 0.25) is 5.78 Å². The fourth-order valence-corrected chi connectivity index (χ4v) is 3.12. The van der Waals surface area contributed by atoms with Crippen LogP contribution in [0.25, 0.3) is 6.08 Å². The van der Waals surface area contributed by atoms with Crippen LogP contribution in [-0.2, 0) is 4.74 Å². The van der Waals surface area contributed by atoms with Crippen LogP contribution >= 0.6 is 15.9 Å². The monoisotopic (exact) mass is 430 g/mol. The van der Waals surface area contributed by atoms with Crippen LogP contribution in [-0.4, -0.2) is 30.5 Å². The molecule has 0 saturated carbocycles. The summed E-state index contributed by atoms with van der Waals surface area (Å²) in [5.41, 5.74) is 1.99. The number of ether oxygens (including phenoxy) is 2. The lowest BCUT2D eigenvalue weighted by atomic mass is 10.0. The summed E-state index contributed by atoms with van der Waals surface area (Å²) >= 11 is 3.36. The van der Waals surface area contributed by atoms with Gasteiger partial charge in [-0.15, -0.1) is 0 Å². The number of Topliss-reactive ketones (excluding diaryl/α,β-unsaturated/α-hetero) is 1. The summed E-state index contributed by atoms with van der Waals surface area (Å²) in [5, 5.41) is 9.52. The quantitative estimate of drug-likeness (QED) is 0.317. The lowest BCUT2D eigenvalue weighted by Crippen LogP contribution is -2.08. The summed E-state index contributed by atoms with van der Waals surface area (Å²) in [4.78, 5) is 27.9. The van der Waals surface area contributed by atoms with Crippen molar-refractivity contribution in [2.45, 2.75) is 20.8 Å². The van der Waals surface area contributed by atoms with Gasteiger partial charge in [0.1, 0.15) is 17.4 Å². The molecule has 1 heterocycles. The number of aryl methyl sites for hydroxylation is 1. The number of carbonyl (C=O) groups is 2. The van der Waals surface area contributed by atoms with Crippen LogP contribution in [0.2, 0.25) is 0 Å². The van der Waals surface area contributed by atoms with Crippen LogP contribution < -0.4 is 4.74 Å². The number of benzene rings is 1. The molecular weight excluding hydrogens is 412 g/mol. The number of aromatic amines is 1. The molecule has 0 radical (unpaired) electrons. The summed E-state index contributed by atoms with van der Waals surface area (Å²) in [6.07, 6.45) is 1.46. The Bertz CT molecular complexity index is 967. The molecule has 0 atom stereocenters. The third-order valence-corrected chi connectivity index (χ3v) is 4.49. The van der Waals surface area contributed by atoms with E-state index in [1.54, 1.807) is 39.0 Å². The van der Waals surface area contributed by atoms with Gasteiger partial charge in [0.05, 0.1) is 25.0 Å². The van der Waals surface area contributed by atoms with Crippen LogP contribution in [0.15, 0.2) is 28.2 Å². The van der Waals surface area contributed by atoms with Gasteiger partial charge in [-0.05, 0) is 50.6 Å². The molecule has 2 rings (SSSR count). The SMILES string of the molecule is CCOC(=O)c1c(C)[nH]c(C(=O)/C(C#N)=C/c2cc(Br)ccc2OC)c1C. The molecule has 6 nitrogen and oxygen atoms in total. The molecule has 0 bridgehead atoms. The van der Waals surface area contributed by atoms with E-state index >= 15 is 0 Å². The van der Waals surface area contributed by atoms with E-state index in [-0.39, 0.29) is 17.9 Å². The number of H-pyrrole nitrogens is 1. The van der Waals surface area contributed by atoms with Crippen molar-refractivity contribution in [1.82, 2.24) is 4.98 Å². The zero-order valence-electron chi connectivity index (χ0n) is 15.5. The molecule has 0 aliphatic carbocycles. The molecular formula is C20H19BrN2O4. The van der Waals surface area contributed by atoms with Gasteiger partial charge < -0.3 is 14.5 Å². The minimum atomic E-state index is -0.504. The van der Waals surface area contributed by atoms with E-state index in [9.17, 15) is 14.9 Å². The lowest BCUT2D eigenvalue weighted by Gasteiger charge is -2.06. The molecule has 0 unspecified atom stereocenters. The molecule has 7 heteroatoms. The van der Waals surface area contributed by atoms with Crippen molar-refractivity contribution in [1.29, 1.82) is 5.26 Å². The van der Waals surface area contributed by atoms with E-state index < -0.39 is 11.8 Å². The Labute approximate surface area is 165 Å². The average molecular weight is 431 g/mol. The van der Waals surface area contributed by atoms with Crippen molar-refractivity contribution in [3.8, 4) is 11.8 Å². The molecule has 0 aliphatic rings. The molecule has 2 aromatic rings. The van der Waals surface area contributed by atoms with Crippen molar-refractivity contribution < 1.29 is 19.1 Å². The lowest BCUT2D eigenvalue weighted by molar-refractivity contribution is 0.0525. The zero-order chi connectivity index (χ0) is 20.1. The van der Waals surface area contributed by atoms with Crippen molar-refractivity contribution >= 4 is 33.8 Å². The van der Waals surface area contributed by atoms with Gasteiger partial charge in [0.15, 0.2) is 0 Å². The number of ketones is 1. The summed E-state index contributed by atoms with van der Waals surface area (Å²) < 4.78 is 11.1. The molecule has 1 aromatic carbocycles. The molecule has 0 aliphatic heterocycles. The fraction of sp³-hybridized carbons (Fsp3) is 0.250. The third-order valence-electron chi connectivity index (χ3n) is 4.00. The van der Waals surface area contributed by atoms with Crippen LogP contribution in [0.1, 0.15) is 44.6 Å². The molecule has 0 saturated heterocycles. The topological polar surface area (TPSA) is 92.2 Å². The number of esters is 1. The number of nitrogens with one attached hydrogen (secondary N) is 1. The first-order valence-corrected chi connectivity index (χ1v) is 8.99. The number of methoxy groups -OCH3 is 1. The average Bonchev–Trinajstić information content (AvgIpc) is 2.93. The van der Waals surface area contributed by atoms with Crippen LogP contribution in [0, 0.1) is 25.2 Å². The number of allylic oxidation sites excluding steroid dienone is 1. The highest BCUT2D eigenvalue weighted by atomic mass is 79.9. The Kier molecular flexibility index (Phi) is 6.59. The van der Waals surface area contributed by atoms with Gasteiger partial charge in [-0.2, -0.15) is 5.26 Å². The van der Waals surface area contributed by atoms with E-state index in [4.69, 9.17) is 9.47 Å². The van der Waals surface area contributed by atoms with E-state index in [1.165, 1.54) is 13.2 Å². The van der Waals surface area contributed by atoms with Gasteiger partial charge in [-0.3, -0.25) is 4.79 Å². The minimum Gasteiger partial charge on any atom is -0.496 e. The van der Waals surface area contributed by atoms with Crippen molar-refractivity contribution in [3.05, 3.63) is 56.3 Å².